The van der Waals surface area contributed by atoms with Gasteiger partial charge in [-0.25, -0.2) is 22.9 Å². The number of hydrogen-bond acceptors (Lipinski definition) is 5. The van der Waals surface area contributed by atoms with E-state index in [9.17, 15) is 23.1 Å². The van der Waals surface area contributed by atoms with Crippen LogP contribution in [-0.4, -0.2) is 88.7 Å². The Balaban J connectivity index is 1.47. The summed E-state index contributed by atoms with van der Waals surface area (Å²) in [5.41, 5.74) is 1.26. The van der Waals surface area contributed by atoms with E-state index >= 15 is 0 Å². The molecule has 8 nitrogen and oxygen atoms in total. The summed E-state index contributed by atoms with van der Waals surface area (Å²) in [7, 11) is 0. The molecular formula is C31H36F3N5O3. The lowest BCUT2D eigenvalue weighted by Crippen LogP contribution is -2.59. The fourth-order valence-electron chi connectivity index (χ4n) is 6.27. The van der Waals surface area contributed by atoms with Gasteiger partial charge in [-0.2, -0.15) is 0 Å². The highest BCUT2D eigenvalue weighted by Gasteiger charge is 2.43. The molecule has 0 radical (unpaired) electrons. The summed E-state index contributed by atoms with van der Waals surface area (Å²) in [5.74, 6) is -1.14. The first-order valence-corrected chi connectivity index (χ1v) is 14.6. The smallest absolute Gasteiger partial charge is 0.320 e. The molecule has 42 heavy (non-hydrogen) atoms. The highest BCUT2D eigenvalue weighted by atomic mass is 19.1. The largest absolute Gasteiger partial charge is 0.389 e. The summed E-state index contributed by atoms with van der Waals surface area (Å²) < 4.78 is 51.8. The Bertz CT molecular complexity index is 1380. The number of β-amino-alcohol motifs (C(OH)–C–C–N with tert-alkyl or cyclic N) is 1. The standard InChI is InChI=1S/C31H36F3N5O3/c32-23-6-7-26(33)25(12-23)28-19-37(15-20-4-2-1-3-5-20)30(36-28)29(21-8-10-42-11-9-21)39(16-22-13-35-14-27(22)34)31(41)38-17-24(40)18-38/h1-7,12,19,21-22,24,27,29,35,40H,8-11,13-18H2/t22-,27-,29+/m0/s1. The zero-order valence-corrected chi connectivity index (χ0v) is 23.3. The van der Waals surface area contributed by atoms with Crippen LogP contribution in [0, 0.1) is 23.5 Å². The molecule has 1 aromatic heterocycles. The number of nitrogens with zero attached hydrogens (tertiary/aromatic N) is 4. The van der Waals surface area contributed by atoms with Crippen molar-refractivity contribution >= 4 is 6.03 Å². The van der Waals surface area contributed by atoms with Crippen LogP contribution >= 0.6 is 0 Å². The van der Waals surface area contributed by atoms with Gasteiger partial charge in [0.15, 0.2) is 0 Å². The van der Waals surface area contributed by atoms with Gasteiger partial charge in [0.2, 0.25) is 0 Å². The van der Waals surface area contributed by atoms with Gasteiger partial charge in [0.25, 0.3) is 0 Å². The molecule has 2 N–H and O–H groups in total. The van der Waals surface area contributed by atoms with Crippen LogP contribution in [0.1, 0.15) is 30.3 Å². The second-order valence-corrected chi connectivity index (χ2v) is 11.5. The molecule has 3 aliphatic heterocycles. The number of aromatic nitrogens is 2. The maximum Gasteiger partial charge on any atom is 0.320 e. The van der Waals surface area contributed by atoms with Crippen LogP contribution in [0.15, 0.2) is 54.7 Å². The maximum absolute atomic E-state index is 15.0. The van der Waals surface area contributed by atoms with Gasteiger partial charge in [-0.15, -0.1) is 0 Å². The Morgan fingerprint density at radius 1 is 1.12 bits per heavy atom. The summed E-state index contributed by atoms with van der Waals surface area (Å²) in [6.45, 7) is 2.63. The minimum atomic E-state index is -1.11. The summed E-state index contributed by atoms with van der Waals surface area (Å²) >= 11 is 0. The van der Waals surface area contributed by atoms with Crippen molar-refractivity contribution in [3.8, 4) is 11.3 Å². The van der Waals surface area contributed by atoms with Gasteiger partial charge in [0, 0.05) is 57.1 Å². The first kappa shape index (κ1) is 28.7. The number of likely N-dealkylation sites (tertiary alicyclic amines) is 1. The molecule has 11 heteroatoms. The summed E-state index contributed by atoms with van der Waals surface area (Å²) in [6, 6.07) is 12.1. The molecule has 3 fully saturated rings. The van der Waals surface area contributed by atoms with E-state index in [0.717, 1.165) is 23.8 Å². The average molecular weight is 584 g/mol. The molecule has 224 valence electrons. The lowest BCUT2D eigenvalue weighted by atomic mass is 9.89. The van der Waals surface area contributed by atoms with Crippen molar-refractivity contribution in [1.82, 2.24) is 24.7 Å². The van der Waals surface area contributed by atoms with Crippen molar-refractivity contribution in [2.45, 2.75) is 37.7 Å². The molecule has 6 rings (SSSR count). The molecule has 0 spiro atoms. The molecule has 0 saturated carbocycles. The number of carbonyl (C=O) groups is 1. The minimum absolute atomic E-state index is 0.0290. The third-order valence-corrected chi connectivity index (χ3v) is 8.59. The van der Waals surface area contributed by atoms with Crippen LogP contribution in [0.25, 0.3) is 11.3 Å². The fraction of sp³-hybridized carbons (Fsp3) is 0.484. The Morgan fingerprint density at radius 2 is 1.88 bits per heavy atom. The van der Waals surface area contributed by atoms with Crippen molar-refractivity contribution in [3.63, 3.8) is 0 Å². The van der Waals surface area contributed by atoms with Crippen LogP contribution in [0.3, 0.4) is 0 Å². The van der Waals surface area contributed by atoms with Crippen LogP contribution < -0.4 is 5.32 Å². The third kappa shape index (κ3) is 6.04. The molecule has 3 aromatic rings. The predicted molar refractivity (Wildman–Crippen MR) is 150 cm³/mol. The van der Waals surface area contributed by atoms with Crippen molar-refractivity contribution < 1.29 is 27.8 Å². The van der Waals surface area contributed by atoms with Crippen molar-refractivity contribution in [2.24, 2.45) is 11.8 Å². The molecule has 3 aliphatic rings. The quantitative estimate of drug-likeness (QED) is 0.419. The Kier molecular flexibility index (Phi) is 8.50. The monoisotopic (exact) mass is 583 g/mol. The fourth-order valence-corrected chi connectivity index (χ4v) is 6.27. The zero-order chi connectivity index (χ0) is 29.2. The predicted octanol–water partition coefficient (Wildman–Crippen LogP) is 4.00. The van der Waals surface area contributed by atoms with Crippen molar-refractivity contribution in [2.75, 3.05) is 45.9 Å². The molecular weight excluding hydrogens is 547 g/mol. The number of carbonyl (C=O) groups excluding carboxylic acids is 1. The van der Waals surface area contributed by atoms with Crippen LogP contribution in [0.4, 0.5) is 18.0 Å². The second kappa shape index (κ2) is 12.4. The molecule has 3 saturated heterocycles. The van der Waals surface area contributed by atoms with Crippen LogP contribution in [0.2, 0.25) is 0 Å². The van der Waals surface area contributed by atoms with Gasteiger partial charge in [0.05, 0.1) is 30.9 Å². The van der Waals surface area contributed by atoms with Gasteiger partial charge in [0.1, 0.15) is 23.6 Å². The lowest BCUT2D eigenvalue weighted by molar-refractivity contribution is -0.00936. The topological polar surface area (TPSA) is 82.9 Å². The van der Waals surface area contributed by atoms with Crippen LogP contribution in [-0.2, 0) is 11.3 Å². The van der Waals surface area contributed by atoms with Gasteiger partial charge in [-0.3, -0.25) is 0 Å². The summed E-state index contributed by atoms with van der Waals surface area (Å²) in [4.78, 5) is 22.3. The molecule has 0 unspecified atom stereocenters. The first-order chi connectivity index (χ1) is 20.4. The van der Waals surface area contributed by atoms with Crippen molar-refractivity contribution in [3.05, 3.63) is 77.8 Å². The third-order valence-electron chi connectivity index (χ3n) is 8.59. The second-order valence-electron chi connectivity index (χ2n) is 11.5. The van der Waals surface area contributed by atoms with Gasteiger partial charge in [-0.05, 0) is 42.5 Å². The number of amides is 2. The van der Waals surface area contributed by atoms with Crippen LogP contribution in [0.5, 0.6) is 0 Å². The van der Waals surface area contributed by atoms with E-state index in [-0.39, 0.29) is 49.4 Å². The Labute approximate surface area is 243 Å². The first-order valence-electron chi connectivity index (χ1n) is 14.6. The molecule has 2 aromatic carbocycles. The summed E-state index contributed by atoms with van der Waals surface area (Å²) in [6.07, 6.45) is 1.31. The van der Waals surface area contributed by atoms with E-state index in [2.05, 4.69) is 5.32 Å². The number of urea groups is 1. The zero-order valence-electron chi connectivity index (χ0n) is 23.3. The van der Waals surface area contributed by atoms with E-state index in [1.54, 1.807) is 16.0 Å². The summed E-state index contributed by atoms with van der Waals surface area (Å²) in [5, 5.41) is 13.1. The van der Waals surface area contributed by atoms with Crippen molar-refractivity contribution in [1.29, 1.82) is 0 Å². The number of benzene rings is 2. The number of halogens is 3. The van der Waals surface area contributed by atoms with Gasteiger partial charge >= 0.3 is 6.03 Å². The molecule has 0 aliphatic carbocycles. The Morgan fingerprint density at radius 3 is 2.57 bits per heavy atom. The number of imidazole rings is 1. The van der Waals surface area contributed by atoms with E-state index in [4.69, 9.17) is 9.72 Å². The van der Waals surface area contributed by atoms with Gasteiger partial charge in [-0.1, -0.05) is 30.3 Å². The Hall–Kier alpha value is -3.41. The lowest BCUT2D eigenvalue weighted by Gasteiger charge is -2.45. The molecule has 4 heterocycles. The number of ether oxygens (including phenoxy) is 1. The number of aliphatic hydroxyl groups excluding tert-OH is 1. The maximum atomic E-state index is 15.0. The number of aliphatic hydroxyl groups is 1. The van der Waals surface area contributed by atoms with E-state index in [1.807, 2.05) is 34.9 Å². The van der Waals surface area contributed by atoms with Gasteiger partial charge < -0.3 is 29.5 Å². The average Bonchev–Trinajstić information content (AvgIpc) is 3.58. The SMILES string of the molecule is O=C(N1CC(O)C1)N(C[C@@H]1CNC[C@@H]1F)[C@@H](c1nc(-c2cc(F)ccc2F)cn1Cc1ccccc1)C1CCOCC1. The van der Waals surface area contributed by atoms with E-state index in [0.29, 0.717) is 45.0 Å². The number of alkyl halides is 1. The number of hydrogen-bond donors (Lipinski definition) is 2. The normalized spacial score (nSPS) is 22.2. The minimum Gasteiger partial charge on any atom is -0.389 e. The molecule has 0 bridgehead atoms. The number of nitrogens with one attached hydrogen (secondary N) is 1. The van der Waals surface area contributed by atoms with E-state index < -0.39 is 35.9 Å². The highest BCUT2D eigenvalue weighted by Crippen LogP contribution is 2.39. The number of rotatable bonds is 8. The molecule has 3 atom stereocenters. The molecule has 2 amide bonds. The highest BCUT2D eigenvalue weighted by molar-refractivity contribution is 5.76. The van der Waals surface area contributed by atoms with E-state index in [1.165, 1.54) is 0 Å².